The molecule has 5 aromatic rings. The first kappa shape index (κ1) is 26.2. The van der Waals surface area contributed by atoms with Gasteiger partial charge >= 0.3 is 6.03 Å². The van der Waals surface area contributed by atoms with Gasteiger partial charge in [0.2, 0.25) is 0 Å². The van der Waals surface area contributed by atoms with Gasteiger partial charge in [-0.05, 0) is 37.0 Å². The van der Waals surface area contributed by atoms with Gasteiger partial charge in [0.1, 0.15) is 5.75 Å². The Hall–Kier alpha value is -4.67. The molecule has 2 fully saturated rings. The van der Waals surface area contributed by atoms with Crippen LogP contribution in [0.3, 0.4) is 0 Å². The van der Waals surface area contributed by atoms with Crippen LogP contribution in [0.2, 0.25) is 0 Å². The van der Waals surface area contributed by atoms with Crippen molar-refractivity contribution >= 4 is 23.1 Å². The lowest BCUT2D eigenvalue weighted by Gasteiger charge is -2.39. The van der Waals surface area contributed by atoms with Crippen molar-refractivity contribution in [2.75, 3.05) is 37.7 Å². The van der Waals surface area contributed by atoms with Crippen LogP contribution in [0.4, 0.5) is 10.6 Å². The molecule has 1 atom stereocenters. The predicted molar refractivity (Wildman–Crippen MR) is 159 cm³/mol. The van der Waals surface area contributed by atoms with E-state index in [1.807, 2.05) is 53.1 Å². The van der Waals surface area contributed by atoms with Crippen molar-refractivity contribution in [2.24, 2.45) is 0 Å². The van der Waals surface area contributed by atoms with Gasteiger partial charge in [-0.1, -0.05) is 37.3 Å². The SMILES string of the molecule is Cc1cc(OCC(C)c2ccccc2)cn2nc(CCN3CC4(CCN(c5nccn6ccnc56)CC4)NC3=O)nc12. The Morgan fingerprint density at radius 1 is 1.07 bits per heavy atom. The molecule has 11 heteroatoms. The van der Waals surface area contributed by atoms with Crippen molar-refractivity contribution in [2.45, 2.75) is 44.6 Å². The van der Waals surface area contributed by atoms with Crippen LogP contribution in [0.5, 0.6) is 5.75 Å². The molecule has 0 radical (unpaired) electrons. The molecule has 0 saturated carbocycles. The van der Waals surface area contributed by atoms with Gasteiger partial charge in [0.15, 0.2) is 22.9 Å². The molecule has 1 spiro atoms. The van der Waals surface area contributed by atoms with Crippen LogP contribution in [0.15, 0.2) is 67.4 Å². The number of carbonyl (C=O) groups excluding carboxylic acids is 1. The Morgan fingerprint density at radius 2 is 1.86 bits per heavy atom. The molecule has 42 heavy (non-hydrogen) atoms. The number of pyridine rings is 1. The van der Waals surface area contributed by atoms with Crippen LogP contribution in [0.25, 0.3) is 11.3 Å². The Morgan fingerprint density at radius 3 is 2.67 bits per heavy atom. The number of hydrogen-bond donors (Lipinski definition) is 1. The molecule has 11 nitrogen and oxygen atoms in total. The topological polar surface area (TPSA) is 105 Å². The van der Waals surface area contributed by atoms with Gasteiger partial charge in [-0.25, -0.2) is 24.3 Å². The lowest BCUT2D eigenvalue weighted by Crippen LogP contribution is -2.52. The number of urea groups is 1. The summed E-state index contributed by atoms with van der Waals surface area (Å²) in [7, 11) is 0. The number of nitrogens with zero attached hydrogens (tertiary/aromatic N) is 8. The summed E-state index contributed by atoms with van der Waals surface area (Å²) in [4.78, 5) is 31.0. The highest BCUT2D eigenvalue weighted by molar-refractivity contribution is 5.78. The fourth-order valence-electron chi connectivity index (χ4n) is 6.14. The number of amides is 2. The van der Waals surface area contributed by atoms with Crippen LogP contribution in [0, 0.1) is 6.92 Å². The van der Waals surface area contributed by atoms with Gasteiger partial charge in [-0.2, -0.15) is 5.10 Å². The molecular weight excluding hydrogens is 530 g/mol. The van der Waals surface area contributed by atoms with Gasteiger partial charge in [0, 0.05) is 63.3 Å². The average Bonchev–Trinajstić information content (AvgIpc) is 3.73. The lowest BCUT2D eigenvalue weighted by atomic mass is 9.88. The number of carbonyl (C=O) groups is 1. The number of aromatic nitrogens is 6. The zero-order valence-electron chi connectivity index (χ0n) is 24.0. The van der Waals surface area contributed by atoms with E-state index in [-0.39, 0.29) is 17.5 Å². The molecule has 1 unspecified atom stereocenters. The Bertz CT molecular complexity index is 1720. The van der Waals surface area contributed by atoms with E-state index in [2.05, 4.69) is 51.4 Å². The zero-order chi connectivity index (χ0) is 28.7. The van der Waals surface area contributed by atoms with Crippen LogP contribution in [0.1, 0.15) is 42.6 Å². The van der Waals surface area contributed by atoms with E-state index >= 15 is 0 Å². The van der Waals surface area contributed by atoms with Crippen LogP contribution < -0.4 is 15.0 Å². The van der Waals surface area contributed by atoms with Crippen molar-refractivity contribution in [1.82, 2.24) is 39.2 Å². The van der Waals surface area contributed by atoms with Crippen molar-refractivity contribution < 1.29 is 9.53 Å². The standard InChI is InChI=1S/C31H35N9O2/c1-22-18-25(42-20-23(2)24-6-4-3-5-7-24)19-40-27(22)34-26(36-40)8-13-39-21-31(35-30(39)41)9-14-37(15-10-31)28-29-33-12-17-38(29)16-11-32-28/h3-7,11-12,16-19,23H,8-10,13-15,20-21H2,1-2H3,(H,35,41). The van der Waals surface area contributed by atoms with E-state index < -0.39 is 0 Å². The molecule has 2 amide bonds. The second-order valence-corrected chi connectivity index (χ2v) is 11.6. The van der Waals surface area contributed by atoms with Crippen molar-refractivity contribution in [3.8, 4) is 5.75 Å². The van der Waals surface area contributed by atoms with Crippen molar-refractivity contribution in [3.63, 3.8) is 0 Å². The van der Waals surface area contributed by atoms with Crippen LogP contribution >= 0.6 is 0 Å². The Labute approximate surface area is 244 Å². The fraction of sp³-hybridized carbons (Fsp3) is 0.387. The molecule has 4 aromatic heterocycles. The van der Waals surface area contributed by atoms with Gasteiger partial charge in [0.25, 0.3) is 0 Å². The minimum atomic E-state index is -0.222. The summed E-state index contributed by atoms with van der Waals surface area (Å²) in [5.41, 5.74) is 3.70. The Kier molecular flexibility index (Phi) is 6.64. The summed E-state index contributed by atoms with van der Waals surface area (Å²) in [6, 6.07) is 12.4. The van der Waals surface area contributed by atoms with Gasteiger partial charge in [0.05, 0.1) is 18.3 Å². The van der Waals surface area contributed by atoms with E-state index in [0.29, 0.717) is 26.1 Å². The highest BCUT2D eigenvalue weighted by Crippen LogP contribution is 2.31. The highest BCUT2D eigenvalue weighted by Gasteiger charge is 2.44. The number of fused-ring (bicyclic) bond motifs is 2. The minimum absolute atomic E-state index is 0.0138. The average molecular weight is 566 g/mol. The number of piperidine rings is 1. The number of aryl methyl sites for hydroxylation is 1. The number of anilines is 1. The van der Waals surface area contributed by atoms with E-state index in [0.717, 1.165) is 60.2 Å². The van der Waals surface area contributed by atoms with Gasteiger partial charge in [-0.15, -0.1) is 0 Å². The summed E-state index contributed by atoms with van der Waals surface area (Å²) in [5.74, 6) is 2.66. The number of rotatable bonds is 8. The van der Waals surface area contributed by atoms with Gasteiger partial charge < -0.3 is 24.3 Å². The highest BCUT2D eigenvalue weighted by atomic mass is 16.5. The molecule has 6 heterocycles. The largest absolute Gasteiger partial charge is 0.491 e. The molecule has 216 valence electrons. The second-order valence-electron chi connectivity index (χ2n) is 11.6. The number of ether oxygens (including phenoxy) is 1. The van der Waals surface area contributed by atoms with Gasteiger partial charge in [-0.3, -0.25) is 0 Å². The van der Waals surface area contributed by atoms with E-state index in [1.165, 1.54) is 5.56 Å². The summed E-state index contributed by atoms with van der Waals surface area (Å²) in [5, 5.41) is 8.01. The monoisotopic (exact) mass is 565 g/mol. The normalized spacial score (nSPS) is 17.3. The maximum atomic E-state index is 13.0. The predicted octanol–water partition coefficient (Wildman–Crippen LogP) is 3.87. The molecule has 1 N–H and O–H groups in total. The molecule has 2 aliphatic rings. The third kappa shape index (κ3) is 4.99. The zero-order valence-corrected chi connectivity index (χ0v) is 24.0. The number of benzene rings is 1. The first-order chi connectivity index (χ1) is 20.5. The van der Waals surface area contributed by atoms with Crippen LogP contribution in [-0.2, 0) is 6.42 Å². The molecular formula is C31H35N9O2. The first-order valence-electron chi connectivity index (χ1n) is 14.6. The molecule has 0 bridgehead atoms. The number of nitrogens with one attached hydrogen (secondary N) is 1. The van der Waals surface area contributed by atoms with E-state index in [1.54, 1.807) is 10.7 Å². The first-order valence-corrected chi connectivity index (χ1v) is 14.6. The van der Waals surface area contributed by atoms with Crippen LogP contribution in [-0.4, -0.2) is 78.2 Å². The second kappa shape index (κ2) is 10.6. The Balaban J connectivity index is 0.963. The quantitative estimate of drug-likeness (QED) is 0.305. The van der Waals surface area contributed by atoms with Crippen molar-refractivity contribution in [1.29, 1.82) is 0 Å². The van der Waals surface area contributed by atoms with Crippen molar-refractivity contribution in [3.05, 3.63) is 84.3 Å². The third-order valence-electron chi connectivity index (χ3n) is 8.58. The molecule has 0 aliphatic carbocycles. The molecule has 7 rings (SSSR count). The molecule has 2 saturated heterocycles. The third-order valence-corrected chi connectivity index (χ3v) is 8.58. The summed E-state index contributed by atoms with van der Waals surface area (Å²) < 4.78 is 9.91. The maximum absolute atomic E-state index is 13.0. The number of imidazole rings is 1. The molecule has 1 aromatic carbocycles. The maximum Gasteiger partial charge on any atom is 0.317 e. The number of hydrogen-bond acceptors (Lipinski definition) is 7. The molecule has 2 aliphatic heterocycles. The fourth-order valence-corrected chi connectivity index (χ4v) is 6.14. The summed E-state index contributed by atoms with van der Waals surface area (Å²) >= 11 is 0. The van der Waals surface area contributed by atoms with E-state index in [9.17, 15) is 4.79 Å². The minimum Gasteiger partial charge on any atom is -0.491 e. The summed E-state index contributed by atoms with van der Waals surface area (Å²) in [6.07, 6.45) is 11.6. The smallest absolute Gasteiger partial charge is 0.317 e. The van der Waals surface area contributed by atoms with E-state index in [4.69, 9.17) is 14.8 Å². The summed E-state index contributed by atoms with van der Waals surface area (Å²) in [6.45, 7) is 7.65. The lowest BCUT2D eigenvalue weighted by molar-refractivity contribution is 0.217.